The van der Waals surface area contributed by atoms with Crippen LogP contribution in [-0.2, 0) is 10.8 Å². The molecule has 0 aromatic heterocycles. The lowest BCUT2D eigenvalue weighted by Gasteiger charge is -2.62. The third kappa shape index (κ3) is 1.09. The molecule has 4 unspecified atom stereocenters. The van der Waals surface area contributed by atoms with Gasteiger partial charge in [-0.1, -0.05) is 25.5 Å². The predicted octanol–water partition coefficient (Wildman–Crippen LogP) is 2.80. The second-order valence-corrected chi connectivity index (χ2v) is 9.08. The monoisotopic (exact) mass is 242 g/mol. The summed E-state index contributed by atoms with van der Waals surface area (Å²) >= 11 is 1.95. The standard InChI is InChI=1S/C12H18OS2/c1-8-7-12(14-4-5-15(12)13)10-6-9(8)11(10,2)3/h7,9-10H,4-6H2,1-3H3. The van der Waals surface area contributed by atoms with E-state index < -0.39 is 10.8 Å². The van der Waals surface area contributed by atoms with Gasteiger partial charge >= 0.3 is 0 Å². The van der Waals surface area contributed by atoms with Gasteiger partial charge in [-0.05, 0) is 30.6 Å². The van der Waals surface area contributed by atoms with E-state index in [1.54, 1.807) is 0 Å². The molecule has 0 aromatic carbocycles. The average Bonchev–Trinajstić information content (AvgIpc) is 2.46. The van der Waals surface area contributed by atoms with Gasteiger partial charge in [-0.3, -0.25) is 4.21 Å². The Morgan fingerprint density at radius 3 is 2.73 bits per heavy atom. The van der Waals surface area contributed by atoms with E-state index in [1.807, 2.05) is 11.8 Å². The van der Waals surface area contributed by atoms with Crippen LogP contribution in [0.3, 0.4) is 0 Å². The van der Waals surface area contributed by atoms with E-state index in [4.69, 9.17) is 0 Å². The normalized spacial score (nSPS) is 51.4. The van der Waals surface area contributed by atoms with Gasteiger partial charge in [0, 0.05) is 22.3 Å². The van der Waals surface area contributed by atoms with Crippen LogP contribution in [0.2, 0.25) is 0 Å². The summed E-state index contributed by atoms with van der Waals surface area (Å²) in [6.45, 7) is 6.96. The van der Waals surface area contributed by atoms with Gasteiger partial charge in [0.25, 0.3) is 0 Å². The van der Waals surface area contributed by atoms with Gasteiger partial charge in [-0.15, -0.1) is 11.8 Å². The van der Waals surface area contributed by atoms with Crippen molar-refractivity contribution in [1.29, 1.82) is 0 Å². The fourth-order valence-electron chi connectivity index (χ4n) is 3.77. The van der Waals surface area contributed by atoms with Crippen LogP contribution in [0.5, 0.6) is 0 Å². The van der Waals surface area contributed by atoms with Gasteiger partial charge in [-0.2, -0.15) is 0 Å². The highest BCUT2D eigenvalue weighted by Crippen LogP contribution is 2.67. The molecule has 1 nitrogen and oxygen atoms in total. The summed E-state index contributed by atoms with van der Waals surface area (Å²) in [5.41, 5.74) is 1.87. The van der Waals surface area contributed by atoms with Crippen LogP contribution in [0.4, 0.5) is 0 Å². The molecular weight excluding hydrogens is 224 g/mol. The number of thioether (sulfide) groups is 1. The van der Waals surface area contributed by atoms with Gasteiger partial charge in [0.1, 0.15) is 4.08 Å². The van der Waals surface area contributed by atoms with Crippen molar-refractivity contribution in [2.24, 2.45) is 17.3 Å². The van der Waals surface area contributed by atoms with Crippen LogP contribution in [0.25, 0.3) is 0 Å². The lowest BCUT2D eigenvalue weighted by atomic mass is 9.48. The first-order valence-electron chi connectivity index (χ1n) is 5.70. The van der Waals surface area contributed by atoms with E-state index >= 15 is 0 Å². The lowest BCUT2D eigenvalue weighted by molar-refractivity contribution is -0.00890. The van der Waals surface area contributed by atoms with Gasteiger partial charge in [0.2, 0.25) is 0 Å². The molecule has 0 radical (unpaired) electrons. The first-order valence-corrected chi connectivity index (χ1v) is 8.01. The maximum Gasteiger partial charge on any atom is 0.113 e. The van der Waals surface area contributed by atoms with Crippen molar-refractivity contribution < 1.29 is 4.21 Å². The molecule has 1 spiro atoms. The van der Waals surface area contributed by atoms with Crippen LogP contribution >= 0.6 is 11.8 Å². The molecule has 1 aliphatic heterocycles. The average molecular weight is 242 g/mol. The minimum absolute atomic E-state index is 0.0116. The Bertz CT molecular complexity index is 372. The molecule has 4 aliphatic rings. The highest BCUT2D eigenvalue weighted by atomic mass is 32.2. The largest absolute Gasteiger partial charge is 0.258 e. The molecule has 4 rings (SSSR count). The summed E-state index contributed by atoms with van der Waals surface area (Å²) in [7, 11) is -0.641. The van der Waals surface area contributed by atoms with E-state index in [-0.39, 0.29) is 4.08 Å². The molecule has 3 heteroatoms. The maximum atomic E-state index is 12.3. The molecular formula is C12H18OS2. The molecule has 0 amide bonds. The minimum atomic E-state index is -0.641. The molecule has 1 saturated heterocycles. The summed E-state index contributed by atoms with van der Waals surface area (Å²) in [6.07, 6.45) is 3.62. The fraction of sp³-hybridized carbons (Fsp3) is 0.833. The summed E-state index contributed by atoms with van der Waals surface area (Å²) in [4.78, 5) is 0. The van der Waals surface area contributed by atoms with Gasteiger partial charge < -0.3 is 0 Å². The van der Waals surface area contributed by atoms with Crippen molar-refractivity contribution in [2.45, 2.75) is 31.3 Å². The van der Waals surface area contributed by atoms with Crippen LogP contribution < -0.4 is 0 Å². The smallest absolute Gasteiger partial charge is 0.113 e. The van der Waals surface area contributed by atoms with Crippen molar-refractivity contribution in [2.75, 3.05) is 11.5 Å². The highest BCUT2D eigenvalue weighted by molar-refractivity contribution is 8.15. The summed E-state index contributed by atoms with van der Waals surface area (Å²) < 4.78 is 12.3. The second kappa shape index (κ2) is 2.92. The lowest BCUT2D eigenvalue weighted by Crippen LogP contribution is -2.59. The van der Waals surface area contributed by atoms with Gasteiger partial charge in [-0.25, -0.2) is 0 Å². The Kier molecular flexibility index (Phi) is 2.02. The molecule has 3 aliphatic carbocycles. The molecule has 2 bridgehead atoms. The third-order valence-corrected chi connectivity index (χ3v) is 8.80. The van der Waals surface area contributed by atoms with Crippen molar-refractivity contribution >= 4 is 22.6 Å². The molecule has 0 N–H and O–H groups in total. The molecule has 0 aromatic rings. The van der Waals surface area contributed by atoms with Crippen LogP contribution in [0.1, 0.15) is 27.2 Å². The molecule has 2 fully saturated rings. The van der Waals surface area contributed by atoms with Crippen molar-refractivity contribution in [3.63, 3.8) is 0 Å². The zero-order chi connectivity index (χ0) is 10.8. The molecule has 15 heavy (non-hydrogen) atoms. The number of hydrogen-bond donors (Lipinski definition) is 0. The van der Waals surface area contributed by atoms with Crippen LogP contribution in [0, 0.1) is 17.3 Å². The maximum absolute atomic E-state index is 12.3. The van der Waals surface area contributed by atoms with E-state index in [1.165, 1.54) is 12.0 Å². The van der Waals surface area contributed by atoms with Crippen LogP contribution in [-0.4, -0.2) is 19.8 Å². The van der Waals surface area contributed by atoms with Crippen molar-refractivity contribution in [1.82, 2.24) is 0 Å². The van der Waals surface area contributed by atoms with E-state index in [9.17, 15) is 4.21 Å². The van der Waals surface area contributed by atoms with Crippen molar-refractivity contribution in [3.8, 4) is 0 Å². The third-order valence-electron chi connectivity index (χ3n) is 4.68. The van der Waals surface area contributed by atoms with Crippen LogP contribution in [0.15, 0.2) is 11.6 Å². The minimum Gasteiger partial charge on any atom is -0.258 e. The number of allylic oxidation sites excluding steroid dienone is 1. The summed E-state index contributed by atoms with van der Waals surface area (Å²) in [5.74, 6) is 3.37. The van der Waals surface area contributed by atoms with E-state index in [2.05, 4.69) is 26.8 Å². The quantitative estimate of drug-likeness (QED) is 0.608. The first-order chi connectivity index (χ1) is 6.98. The SMILES string of the molecule is CC1=CC2(SCCS2=O)C2CC1C2(C)C. The Morgan fingerprint density at radius 1 is 1.53 bits per heavy atom. The Balaban J connectivity index is 2.11. The topological polar surface area (TPSA) is 17.1 Å². The Labute approximate surface area is 98.5 Å². The molecule has 84 valence electrons. The van der Waals surface area contributed by atoms with Crippen molar-refractivity contribution in [3.05, 3.63) is 11.6 Å². The number of hydrogen-bond acceptors (Lipinski definition) is 2. The predicted molar refractivity (Wildman–Crippen MR) is 67.3 cm³/mol. The Hall–Kier alpha value is 0.240. The molecule has 1 saturated carbocycles. The summed E-state index contributed by atoms with van der Waals surface area (Å²) in [6, 6.07) is 0. The Morgan fingerprint density at radius 2 is 2.27 bits per heavy atom. The molecule has 4 atom stereocenters. The van der Waals surface area contributed by atoms with Gasteiger partial charge in [0.15, 0.2) is 0 Å². The van der Waals surface area contributed by atoms with E-state index in [0.29, 0.717) is 11.3 Å². The molecule has 1 heterocycles. The van der Waals surface area contributed by atoms with Gasteiger partial charge in [0.05, 0.1) is 0 Å². The zero-order valence-corrected chi connectivity index (χ0v) is 11.2. The highest BCUT2D eigenvalue weighted by Gasteiger charge is 2.64. The fourth-order valence-corrected chi connectivity index (χ4v) is 8.28. The number of rotatable bonds is 0. The second-order valence-electron chi connectivity index (χ2n) is 5.67. The first kappa shape index (κ1) is 10.4. The van der Waals surface area contributed by atoms with E-state index in [0.717, 1.165) is 17.4 Å². The summed E-state index contributed by atoms with van der Waals surface area (Å²) in [5, 5.41) is 0. The zero-order valence-electron chi connectivity index (χ0n) is 9.58.